The number of fused-ring (bicyclic) bond motifs is 3. The Morgan fingerprint density at radius 1 is 0.947 bits per heavy atom. The Balaban J connectivity index is 1.76. The SMILES string of the molecule is O=C1OC[C@H]2c3ccccc3[C@H](C3CCCCC3)[C@@H]12. The number of esters is 1. The molecule has 2 heteroatoms. The second-order valence-electron chi connectivity index (χ2n) is 6.32. The highest BCUT2D eigenvalue weighted by molar-refractivity contribution is 5.79. The van der Waals surface area contributed by atoms with Gasteiger partial charge in [-0.15, -0.1) is 0 Å². The van der Waals surface area contributed by atoms with Gasteiger partial charge in [0.25, 0.3) is 0 Å². The van der Waals surface area contributed by atoms with Crippen molar-refractivity contribution in [1.29, 1.82) is 0 Å². The zero-order chi connectivity index (χ0) is 12.8. The molecule has 3 atom stereocenters. The summed E-state index contributed by atoms with van der Waals surface area (Å²) in [7, 11) is 0. The van der Waals surface area contributed by atoms with Gasteiger partial charge in [-0.25, -0.2) is 0 Å². The monoisotopic (exact) mass is 256 g/mol. The molecule has 4 rings (SSSR count). The first-order valence-electron chi connectivity index (χ1n) is 7.62. The number of carbonyl (C=O) groups is 1. The van der Waals surface area contributed by atoms with Crippen LogP contribution < -0.4 is 0 Å². The van der Waals surface area contributed by atoms with Gasteiger partial charge in [0.1, 0.15) is 0 Å². The third kappa shape index (κ3) is 1.65. The average Bonchev–Trinajstić information content (AvgIpc) is 2.99. The molecule has 0 radical (unpaired) electrons. The zero-order valence-electron chi connectivity index (χ0n) is 11.2. The maximum Gasteiger partial charge on any atom is 0.310 e. The molecule has 100 valence electrons. The van der Waals surface area contributed by atoms with Crippen LogP contribution in [0.15, 0.2) is 24.3 Å². The predicted molar refractivity (Wildman–Crippen MR) is 72.9 cm³/mol. The molecule has 3 aliphatic rings. The number of ether oxygens (including phenoxy) is 1. The Morgan fingerprint density at radius 2 is 1.68 bits per heavy atom. The van der Waals surface area contributed by atoms with Crippen molar-refractivity contribution in [1.82, 2.24) is 0 Å². The lowest BCUT2D eigenvalue weighted by Gasteiger charge is -2.30. The Morgan fingerprint density at radius 3 is 2.47 bits per heavy atom. The van der Waals surface area contributed by atoms with Gasteiger partial charge < -0.3 is 4.74 Å². The molecular formula is C17H20O2. The van der Waals surface area contributed by atoms with E-state index in [0.29, 0.717) is 24.4 Å². The molecule has 1 saturated heterocycles. The van der Waals surface area contributed by atoms with E-state index in [0.717, 1.165) is 0 Å². The standard InChI is InChI=1S/C17H20O2/c18-17-16-14(10-19-17)12-8-4-5-9-13(12)15(16)11-6-2-1-3-7-11/h4-5,8-9,11,14-16H,1-3,6-7,10H2/t14-,15-,16-/m0/s1. The van der Waals surface area contributed by atoms with E-state index < -0.39 is 0 Å². The van der Waals surface area contributed by atoms with Gasteiger partial charge in [-0.05, 0) is 29.9 Å². The van der Waals surface area contributed by atoms with E-state index >= 15 is 0 Å². The van der Waals surface area contributed by atoms with Gasteiger partial charge >= 0.3 is 5.97 Å². The minimum Gasteiger partial charge on any atom is -0.465 e. The largest absolute Gasteiger partial charge is 0.465 e. The van der Waals surface area contributed by atoms with Crippen LogP contribution in [-0.2, 0) is 9.53 Å². The van der Waals surface area contributed by atoms with Crippen molar-refractivity contribution in [3.05, 3.63) is 35.4 Å². The third-order valence-corrected chi connectivity index (χ3v) is 5.41. The minimum absolute atomic E-state index is 0.0526. The Hall–Kier alpha value is -1.31. The fourth-order valence-corrected chi connectivity index (χ4v) is 4.60. The first-order chi connectivity index (χ1) is 9.36. The maximum absolute atomic E-state index is 12.2. The zero-order valence-corrected chi connectivity index (χ0v) is 11.2. The third-order valence-electron chi connectivity index (χ3n) is 5.41. The molecule has 0 bridgehead atoms. The topological polar surface area (TPSA) is 26.3 Å². The quantitative estimate of drug-likeness (QED) is 0.717. The Bertz CT molecular complexity index is 502. The molecule has 0 unspecified atom stereocenters. The molecule has 1 saturated carbocycles. The summed E-state index contributed by atoms with van der Waals surface area (Å²) in [5, 5.41) is 0. The lowest BCUT2D eigenvalue weighted by atomic mass is 9.73. The van der Waals surface area contributed by atoms with Crippen molar-refractivity contribution < 1.29 is 9.53 Å². The summed E-state index contributed by atoms with van der Waals surface area (Å²) >= 11 is 0. The van der Waals surface area contributed by atoms with Crippen LogP contribution in [0.5, 0.6) is 0 Å². The van der Waals surface area contributed by atoms with E-state index in [1.807, 2.05) is 0 Å². The van der Waals surface area contributed by atoms with E-state index in [-0.39, 0.29) is 11.9 Å². The first kappa shape index (κ1) is 11.5. The fourth-order valence-electron chi connectivity index (χ4n) is 4.60. The van der Waals surface area contributed by atoms with Crippen molar-refractivity contribution in [2.75, 3.05) is 6.61 Å². The summed E-state index contributed by atoms with van der Waals surface area (Å²) in [4.78, 5) is 12.2. The molecule has 1 aliphatic heterocycles. The van der Waals surface area contributed by atoms with Crippen molar-refractivity contribution in [3.8, 4) is 0 Å². The van der Waals surface area contributed by atoms with E-state index in [2.05, 4.69) is 24.3 Å². The number of carbonyl (C=O) groups excluding carboxylic acids is 1. The second kappa shape index (κ2) is 4.36. The summed E-state index contributed by atoms with van der Waals surface area (Å²) in [6, 6.07) is 8.68. The molecular weight excluding hydrogens is 236 g/mol. The number of rotatable bonds is 1. The molecule has 1 heterocycles. The molecule has 2 nitrogen and oxygen atoms in total. The first-order valence-corrected chi connectivity index (χ1v) is 7.62. The van der Waals surface area contributed by atoms with Gasteiger partial charge in [-0.1, -0.05) is 43.5 Å². The van der Waals surface area contributed by atoms with Crippen molar-refractivity contribution >= 4 is 5.97 Å². The van der Waals surface area contributed by atoms with Gasteiger partial charge in [0.2, 0.25) is 0 Å². The van der Waals surface area contributed by atoms with Gasteiger partial charge in [-0.2, -0.15) is 0 Å². The van der Waals surface area contributed by atoms with Crippen LogP contribution in [0.1, 0.15) is 55.1 Å². The normalized spacial score (nSPS) is 33.9. The average molecular weight is 256 g/mol. The highest BCUT2D eigenvalue weighted by Crippen LogP contribution is 2.55. The van der Waals surface area contributed by atoms with Gasteiger partial charge in [0, 0.05) is 11.8 Å². The van der Waals surface area contributed by atoms with Crippen molar-refractivity contribution in [3.63, 3.8) is 0 Å². The summed E-state index contributed by atoms with van der Waals surface area (Å²) in [6.07, 6.45) is 6.60. The van der Waals surface area contributed by atoms with E-state index in [1.165, 1.54) is 43.2 Å². The highest BCUT2D eigenvalue weighted by Gasteiger charge is 2.52. The summed E-state index contributed by atoms with van der Waals surface area (Å²) in [5.41, 5.74) is 2.83. The summed E-state index contributed by atoms with van der Waals surface area (Å²) in [6.45, 7) is 0.601. The number of hydrogen-bond acceptors (Lipinski definition) is 2. The smallest absolute Gasteiger partial charge is 0.310 e. The van der Waals surface area contributed by atoms with Crippen LogP contribution in [-0.4, -0.2) is 12.6 Å². The molecule has 2 aliphatic carbocycles. The number of cyclic esters (lactones) is 1. The van der Waals surface area contributed by atoms with Crippen LogP contribution in [0, 0.1) is 11.8 Å². The summed E-state index contributed by atoms with van der Waals surface area (Å²) < 4.78 is 5.36. The fraction of sp³-hybridized carbons (Fsp3) is 0.588. The lowest BCUT2D eigenvalue weighted by Crippen LogP contribution is -2.24. The molecule has 1 aromatic rings. The highest BCUT2D eigenvalue weighted by atomic mass is 16.5. The molecule has 19 heavy (non-hydrogen) atoms. The van der Waals surface area contributed by atoms with Crippen molar-refractivity contribution in [2.45, 2.75) is 43.9 Å². The molecule has 0 spiro atoms. The van der Waals surface area contributed by atoms with E-state index in [9.17, 15) is 4.79 Å². The lowest BCUT2D eigenvalue weighted by molar-refractivity contribution is -0.142. The van der Waals surface area contributed by atoms with Gasteiger partial charge in [0.05, 0.1) is 12.5 Å². The summed E-state index contributed by atoms with van der Waals surface area (Å²) in [5.74, 6) is 1.61. The van der Waals surface area contributed by atoms with Gasteiger partial charge in [0.15, 0.2) is 0 Å². The van der Waals surface area contributed by atoms with Crippen LogP contribution >= 0.6 is 0 Å². The van der Waals surface area contributed by atoms with Crippen LogP contribution in [0.2, 0.25) is 0 Å². The van der Waals surface area contributed by atoms with E-state index in [1.54, 1.807) is 0 Å². The number of benzene rings is 1. The van der Waals surface area contributed by atoms with Crippen LogP contribution in [0.25, 0.3) is 0 Å². The number of hydrogen-bond donors (Lipinski definition) is 0. The van der Waals surface area contributed by atoms with Crippen molar-refractivity contribution in [2.24, 2.45) is 11.8 Å². The minimum atomic E-state index is 0.0526. The molecule has 0 N–H and O–H groups in total. The second-order valence-corrected chi connectivity index (χ2v) is 6.32. The molecule has 2 fully saturated rings. The van der Waals surface area contributed by atoms with Crippen LogP contribution in [0.4, 0.5) is 0 Å². The van der Waals surface area contributed by atoms with E-state index in [4.69, 9.17) is 4.74 Å². The molecule has 1 aromatic carbocycles. The van der Waals surface area contributed by atoms with Gasteiger partial charge in [-0.3, -0.25) is 4.79 Å². The maximum atomic E-state index is 12.2. The Kier molecular flexibility index (Phi) is 2.64. The molecule has 0 amide bonds. The predicted octanol–water partition coefficient (Wildman–Crippen LogP) is 3.62. The Labute approximate surface area is 114 Å². The van der Waals surface area contributed by atoms with Crippen LogP contribution in [0.3, 0.4) is 0 Å². The molecule has 0 aromatic heterocycles.